The van der Waals surface area contributed by atoms with Crippen LogP contribution in [0.5, 0.6) is 0 Å². The third-order valence-corrected chi connectivity index (χ3v) is 1.08. The van der Waals surface area contributed by atoms with Crippen molar-refractivity contribution in [3.63, 3.8) is 0 Å². The molecule has 56 valence electrons. The van der Waals surface area contributed by atoms with Gasteiger partial charge in [-0.15, -0.1) is 0 Å². The van der Waals surface area contributed by atoms with Crippen LogP contribution >= 0.6 is 0 Å². The lowest BCUT2D eigenvalue weighted by molar-refractivity contribution is 1.29. The molecule has 0 fully saturated rings. The fraction of sp³-hybridized carbons (Fsp3) is 0.333. The molecule has 1 heteroatoms. The summed E-state index contributed by atoms with van der Waals surface area (Å²) in [5.41, 5.74) is 6.40. The van der Waals surface area contributed by atoms with Gasteiger partial charge in [-0.1, -0.05) is 24.3 Å². The SMILES string of the molecule is C/C=C\C/C=C(N)\C=C/C. The van der Waals surface area contributed by atoms with E-state index in [-0.39, 0.29) is 0 Å². The van der Waals surface area contributed by atoms with Gasteiger partial charge >= 0.3 is 0 Å². The molecule has 1 nitrogen and oxygen atoms in total. The first-order valence-corrected chi connectivity index (χ1v) is 3.50. The Morgan fingerprint density at radius 2 is 2.00 bits per heavy atom. The van der Waals surface area contributed by atoms with Crippen LogP contribution in [-0.4, -0.2) is 0 Å². The number of hydrogen-bond acceptors (Lipinski definition) is 1. The second kappa shape index (κ2) is 6.14. The molecule has 0 aromatic heterocycles. The minimum Gasteiger partial charge on any atom is -0.399 e. The van der Waals surface area contributed by atoms with Gasteiger partial charge in [0.25, 0.3) is 0 Å². The predicted molar refractivity (Wildman–Crippen MR) is 46.5 cm³/mol. The van der Waals surface area contributed by atoms with Crippen molar-refractivity contribution in [3.05, 3.63) is 36.1 Å². The van der Waals surface area contributed by atoms with Crippen LogP contribution in [0.25, 0.3) is 0 Å². The second-order valence-corrected chi connectivity index (χ2v) is 2.01. The predicted octanol–water partition coefficient (Wildman–Crippen LogP) is 2.37. The minimum absolute atomic E-state index is 0.834. The molecule has 0 aliphatic rings. The summed E-state index contributed by atoms with van der Waals surface area (Å²) in [5, 5.41) is 0. The standard InChI is InChI=1S/C9H15N/c1-3-5-6-8-9(10)7-4-2/h3-5,7-8H,6,10H2,1-2H3/b5-3-,7-4-,9-8+. The van der Waals surface area contributed by atoms with Gasteiger partial charge in [0.15, 0.2) is 0 Å². The summed E-state index contributed by atoms with van der Waals surface area (Å²) >= 11 is 0. The Bertz CT molecular complexity index is 152. The first-order valence-electron chi connectivity index (χ1n) is 3.50. The van der Waals surface area contributed by atoms with E-state index in [1.54, 1.807) is 0 Å². The molecule has 0 atom stereocenters. The summed E-state index contributed by atoms with van der Waals surface area (Å²) in [4.78, 5) is 0. The summed E-state index contributed by atoms with van der Waals surface area (Å²) < 4.78 is 0. The third-order valence-electron chi connectivity index (χ3n) is 1.08. The highest BCUT2D eigenvalue weighted by atomic mass is 14.5. The second-order valence-electron chi connectivity index (χ2n) is 2.01. The van der Waals surface area contributed by atoms with Crippen LogP contribution in [0.3, 0.4) is 0 Å². The van der Waals surface area contributed by atoms with Crippen molar-refractivity contribution in [2.75, 3.05) is 0 Å². The maximum absolute atomic E-state index is 5.57. The highest BCUT2D eigenvalue weighted by Crippen LogP contribution is 1.91. The summed E-state index contributed by atoms with van der Waals surface area (Å²) in [6, 6.07) is 0. The van der Waals surface area contributed by atoms with Crippen LogP contribution in [0.4, 0.5) is 0 Å². The van der Waals surface area contributed by atoms with Crippen LogP contribution < -0.4 is 5.73 Å². The maximum Gasteiger partial charge on any atom is 0.0273 e. The molecule has 0 bridgehead atoms. The molecule has 0 aromatic carbocycles. The van der Waals surface area contributed by atoms with E-state index >= 15 is 0 Å². The van der Waals surface area contributed by atoms with Crippen LogP contribution in [0, 0.1) is 0 Å². The summed E-state index contributed by atoms with van der Waals surface area (Å²) in [6.07, 6.45) is 10.8. The average Bonchev–Trinajstić information content (AvgIpc) is 1.89. The van der Waals surface area contributed by atoms with Gasteiger partial charge in [-0.25, -0.2) is 0 Å². The van der Waals surface area contributed by atoms with Crippen molar-refractivity contribution < 1.29 is 0 Å². The molecule has 10 heavy (non-hydrogen) atoms. The zero-order chi connectivity index (χ0) is 7.82. The van der Waals surface area contributed by atoms with Crippen molar-refractivity contribution in [2.24, 2.45) is 5.73 Å². The van der Waals surface area contributed by atoms with Gasteiger partial charge in [0.2, 0.25) is 0 Å². The molecular weight excluding hydrogens is 122 g/mol. The Labute approximate surface area is 62.9 Å². The van der Waals surface area contributed by atoms with Crippen molar-refractivity contribution in [3.8, 4) is 0 Å². The Hall–Kier alpha value is -0.980. The normalized spacial score (nSPS) is 13.6. The van der Waals surface area contributed by atoms with E-state index in [0.717, 1.165) is 12.1 Å². The lowest BCUT2D eigenvalue weighted by Gasteiger charge is -1.88. The molecule has 0 heterocycles. The van der Waals surface area contributed by atoms with Crippen molar-refractivity contribution in [1.29, 1.82) is 0 Å². The van der Waals surface area contributed by atoms with Crippen molar-refractivity contribution in [2.45, 2.75) is 20.3 Å². The van der Waals surface area contributed by atoms with Crippen LogP contribution in [-0.2, 0) is 0 Å². The minimum atomic E-state index is 0.834. The lowest BCUT2D eigenvalue weighted by Crippen LogP contribution is -1.91. The largest absolute Gasteiger partial charge is 0.399 e. The van der Waals surface area contributed by atoms with E-state index in [1.807, 2.05) is 38.2 Å². The fourth-order valence-corrected chi connectivity index (χ4v) is 0.601. The molecule has 0 radical (unpaired) electrons. The fourth-order valence-electron chi connectivity index (χ4n) is 0.601. The van der Waals surface area contributed by atoms with Gasteiger partial charge < -0.3 is 5.73 Å². The van der Waals surface area contributed by atoms with E-state index in [1.165, 1.54) is 0 Å². The Balaban J connectivity index is 3.68. The van der Waals surface area contributed by atoms with Gasteiger partial charge in [-0.3, -0.25) is 0 Å². The number of nitrogens with two attached hydrogens (primary N) is 1. The summed E-state index contributed by atoms with van der Waals surface area (Å²) in [5.74, 6) is 0. The van der Waals surface area contributed by atoms with Gasteiger partial charge in [-0.05, 0) is 26.3 Å². The summed E-state index contributed by atoms with van der Waals surface area (Å²) in [7, 11) is 0. The van der Waals surface area contributed by atoms with E-state index < -0.39 is 0 Å². The first kappa shape index (κ1) is 9.02. The molecule has 0 unspecified atom stereocenters. The first-order chi connectivity index (χ1) is 4.81. The zero-order valence-corrected chi connectivity index (χ0v) is 6.67. The van der Waals surface area contributed by atoms with Crippen LogP contribution in [0.15, 0.2) is 36.1 Å². The molecule has 0 aliphatic heterocycles. The molecule has 0 rings (SSSR count). The van der Waals surface area contributed by atoms with Gasteiger partial charge in [0.1, 0.15) is 0 Å². The Morgan fingerprint density at radius 3 is 2.50 bits per heavy atom. The average molecular weight is 137 g/mol. The van der Waals surface area contributed by atoms with E-state index in [4.69, 9.17) is 5.73 Å². The third kappa shape index (κ3) is 5.16. The maximum atomic E-state index is 5.57. The van der Waals surface area contributed by atoms with E-state index in [9.17, 15) is 0 Å². The number of rotatable bonds is 3. The molecule has 0 aromatic rings. The molecule has 2 N–H and O–H groups in total. The quantitative estimate of drug-likeness (QED) is 0.469. The molecule has 0 aliphatic carbocycles. The molecule has 0 saturated heterocycles. The van der Waals surface area contributed by atoms with Crippen LogP contribution in [0.1, 0.15) is 20.3 Å². The van der Waals surface area contributed by atoms with Gasteiger partial charge in [0, 0.05) is 5.70 Å². The highest BCUT2D eigenvalue weighted by Gasteiger charge is 1.76. The van der Waals surface area contributed by atoms with Crippen molar-refractivity contribution in [1.82, 2.24) is 0 Å². The van der Waals surface area contributed by atoms with Crippen molar-refractivity contribution >= 4 is 0 Å². The Morgan fingerprint density at radius 1 is 1.30 bits per heavy atom. The smallest absolute Gasteiger partial charge is 0.0273 e. The number of allylic oxidation sites excluding steroid dienone is 5. The number of hydrogen-bond donors (Lipinski definition) is 1. The topological polar surface area (TPSA) is 26.0 Å². The van der Waals surface area contributed by atoms with Crippen LogP contribution in [0.2, 0.25) is 0 Å². The molecular formula is C9H15N. The van der Waals surface area contributed by atoms with Gasteiger partial charge in [-0.2, -0.15) is 0 Å². The lowest BCUT2D eigenvalue weighted by atomic mass is 10.3. The highest BCUT2D eigenvalue weighted by molar-refractivity contribution is 5.14. The summed E-state index contributed by atoms with van der Waals surface area (Å²) in [6.45, 7) is 3.95. The van der Waals surface area contributed by atoms with E-state index in [2.05, 4.69) is 6.08 Å². The monoisotopic (exact) mass is 137 g/mol. The molecule has 0 amide bonds. The van der Waals surface area contributed by atoms with Gasteiger partial charge in [0.05, 0.1) is 0 Å². The van der Waals surface area contributed by atoms with E-state index in [0.29, 0.717) is 0 Å². The Kier molecular flexibility index (Phi) is 5.54. The molecule has 0 spiro atoms. The zero-order valence-electron chi connectivity index (χ0n) is 6.67. The molecule has 0 saturated carbocycles.